The van der Waals surface area contributed by atoms with Crippen LogP contribution in [0.5, 0.6) is 0 Å². The molecule has 20 heavy (non-hydrogen) atoms. The minimum absolute atomic E-state index is 0. The van der Waals surface area contributed by atoms with Gasteiger partial charge >= 0.3 is 0 Å². The van der Waals surface area contributed by atoms with Gasteiger partial charge in [-0.3, -0.25) is 0 Å². The van der Waals surface area contributed by atoms with Gasteiger partial charge in [-0.25, -0.2) is 0 Å². The van der Waals surface area contributed by atoms with Crippen molar-refractivity contribution < 1.29 is 21.1 Å². The van der Waals surface area contributed by atoms with Crippen LogP contribution in [-0.4, -0.2) is 51.4 Å². The van der Waals surface area contributed by atoms with Crippen molar-refractivity contribution in [3.63, 3.8) is 0 Å². The predicted molar refractivity (Wildman–Crippen MR) is 83.2 cm³/mol. The van der Waals surface area contributed by atoms with E-state index in [9.17, 15) is 0 Å². The molecule has 0 aliphatic carbocycles. The van der Waals surface area contributed by atoms with Crippen LogP contribution < -0.4 is 5.32 Å². The van der Waals surface area contributed by atoms with E-state index < -0.39 is 0 Å². The van der Waals surface area contributed by atoms with Crippen LogP contribution in [0.25, 0.3) is 0 Å². The molecule has 105 valence electrons. The van der Waals surface area contributed by atoms with Gasteiger partial charge in [0.25, 0.3) is 0 Å². The third-order valence-corrected chi connectivity index (χ3v) is 3.40. The van der Waals surface area contributed by atoms with Gasteiger partial charge in [0.2, 0.25) is 0 Å². The molecule has 0 aliphatic rings. The van der Waals surface area contributed by atoms with E-state index in [0.29, 0.717) is 0 Å². The topological polar surface area (TPSA) is 12.0 Å². The third kappa shape index (κ3) is 5.84. The second-order valence-corrected chi connectivity index (χ2v) is 5.28. The minimum atomic E-state index is -0.0127. The Kier molecular flexibility index (Phi) is 10.0. The molecule has 0 spiro atoms. The Morgan fingerprint density at radius 2 is 1.45 bits per heavy atom. The van der Waals surface area contributed by atoms with Gasteiger partial charge < -0.3 is 5.32 Å². The maximum absolute atomic E-state index is 3.63. The fourth-order valence-corrected chi connectivity index (χ4v) is 2.29. The van der Waals surface area contributed by atoms with Crippen molar-refractivity contribution in [1.82, 2.24) is 5.32 Å². The number of aryl methyl sites for hydroxylation is 1. The standard InChI is InChI=1S/C17H21N.K.Pt/c1-14-9-7-8-12-16(14)17(2,3)18-13-15-10-5-4-6-11-15;;/h4-12,18H,13H2,1-3H3;;. The van der Waals surface area contributed by atoms with E-state index in [4.69, 9.17) is 0 Å². The minimum Gasteiger partial charge on any atom is -0.304 e. The molecule has 0 saturated heterocycles. The second-order valence-electron chi connectivity index (χ2n) is 5.28. The fraction of sp³-hybridized carbons (Fsp3) is 0.294. The third-order valence-electron chi connectivity index (χ3n) is 3.40. The Hall–Kier alpha value is 0.725. The van der Waals surface area contributed by atoms with Crippen molar-refractivity contribution in [2.45, 2.75) is 32.9 Å². The molecule has 2 rings (SSSR count). The molecule has 0 heterocycles. The molecular formula is C17H21KNPt. The zero-order valence-electron chi connectivity index (χ0n) is 12.7. The molecule has 3 heteroatoms. The monoisotopic (exact) mass is 473 g/mol. The van der Waals surface area contributed by atoms with E-state index >= 15 is 0 Å². The predicted octanol–water partition coefficient (Wildman–Crippen LogP) is 3.64. The van der Waals surface area contributed by atoms with Crippen molar-refractivity contribution in [3.8, 4) is 0 Å². The van der Waals surface area contributed by atoms with E-state index in [1.807, 2.05) is 0 Å². The molecule has 0 aliphatic heterocycles. The molecule has 2 aromatic carbocycles. The van der Waals surface area contributed by atoms with Crippen LogP contribution in [0.15, 0.2) is 54.6 Å². The Morgan fingerprint density at radius 3 is 2.05 bits per heavy atom. The molecule has 0 unspecified atom stereocenters. The summed E-state index contributed by atoms with van der Waals surface area (Å²) in [5.74, 6) is 0. The van der Waals surface area contributed by atoms with Crippen molar-refractivity contribution in [3.05, 3.63) is 71.3 Å². The molecule has 0 bridgehead atoms. The number of hydrogen-bond donors (Lipinski definition) is 1. The summed E-state index contributed by atoms with van der Waals surface area (Å²) in [4.78, 5) is 0. The van der Waals surface area contributed by atoms with Crippen LogP contribution in [0.2, 0.25) is 0 Å². The number of nitrogens with one attached hydrogen (secondary N) is 1. The summed E-state index contributed by atoms with van der Waals surface area (Å²) in [7, 11) is 0. The summed E-state index contributed by atoms with van der Waals surface area (Å²) < 4.78 is 0. The van der Waals surface area contributed by atoms with E-state index in [0.717, 1.165) is 6.54 Å². The van der Waals surface area contributed by atoms with Crippen molar-refractivity contribution in [1.29, 1.82) is 0 Å². The van der Waals surface area contributed by atoms with Gasteiger partial charge in [-0.15, -0.1) is 0 Å². The van der Waals surface area contributed by atoms with Crippen LogP contribution in [0.1, 0.15) is 30.5 Å². The zero-order valence-corrected chi connectivity index (χ0v) is 18.1. The van der Waals surface area contributed by atoms with Gasteiger partial charge in [0.05, 0.1) is 0 Å². The van der Waals surface area contributed by atoms with E-state index in [-0.39, 0.29) is 78.0 Å². The zero-order chi connectivity index (χ0) is 13.0. The summed E-state index contributed by atoms with van der Waals surface area (Å²) in [6.45, 7) is 7.53. The first-order valence-corrected chi connectivity index (χ1v) is 6.45. The Morgan fingerprint density at radius 1 is 0.900 bits per heavy atom. The quantitative estimate of drug-likeness (QED) is 0.669. The summed E-state index contributed by atoms with van der Waals surface area (Å²) in [5.41, 5.74) is 4.00. The molecule has 0 saturated carbocycles. The fourth-order valence-electron chi connectivity index (χ4n) is 2.29. The molecule has 0 amide bonds. The normalized spacial score (nSPS) is 10.3. The average Bonchev–Trinajstić information content (AvgIpc) is 2.38. The van der Waals surface area contributed by atoms with E-state index in [2.05, 4.69) is 80.7 Å². The SMILES string of the molecule is Cc1ccccc1C(C)(C)NCc1ccccc1.[K].[Pt]. The van der Waals surface area contributed by atoms with Crippen LogP contribution >= 0.6 is 0 Å². The van der Waals surface area contributed by atoms with Crippen molar-refractivity contribution in [2.24, 2.45) is 0 Å². The summed E-state index contributed by atoms with van der Waals surface area (Å²) >= 11 is 0. The van der Waals surface area contributed by atoms with Crippen molar-refractivity contribution >= 4 is 51.4 Å². The molecule has 0 atom stereocenters. The second kappa shape index (κ2) is 9.68. The van der Waals surface area contributed by atoms with Gasteiger partial charge in [-0.2, -0.15) is 0 Å². The molecule has 1 radical (unpaired) electrons. The van der Waals surface area contributed by atoms with Gasteiger partial charge in [-0.1, -0.05) is 54.6 Å². The first-order valence-electron chi connectivity index (χ1n) is 6.45. The van der Waals surface area contributed by atoms with Crippen molar-refractivity contribution in [2.75, 3.05) is 0 Å². The van der Waals surface area contributed by atoms with Crippen LogP contribution in [0.4, 0.5) is 0 Å². The van der Waals surface area contributed by atoms with Crippen LogP contribution in [0.3, 0.4) is 0 Å². The van der Waals surface area contributed by atoms with Gasteiger partial charge in [-0.05, 0) is 37.5 Å². The number of benzene rings is 2. The van der Waals surface area contributed by atoms with E-state index in [1.54, 1.807) is 0 Å². The molecule has 1 nitrogen and oxygen atoms in total. The van der Waals surface area contributed by atoms with Gasteiger partial charge in [0.15, 0.2) is 0 Å². The summed E-state index contributed by atoms with van der Waals surface area (Å²) in [5, 5.41) is 3.63. The molecule has 0 aromatic heterocycles. The average molecular weight is 474 g/mol. The first-order chi connectivity index (χ1) is 8.59. The van der Waals surface area contributed by atoms with Crippen LogP contribution in [0, 0.1) is 6.92 Å². The smallest absolute Gasteiger partial charge is 0.0382 e. The Balaban J connectivity index is 0.00000180. The van der Waals surface area contributed by atoms with E-state index in [1.165, 1.54) is 16.7 Å². The van der Waals surface area contributed by atoms with Gasteiger partial charge in [0.1, 0.15) is 0 Å². The molecule has 1 N–H and O–H groups in total. The summed E-state index contributed by atoms with van der Waals surface area (Å²) in [6.07, 6.45) is 0. The Labute approximate surface area is 179 Å². The maximum Gasteiger partial charge on any atom is 0.0382 e. The number of hydrogen-bond acceptors (Lipinski definition) is 1. The molecule has 2 aromatic rings. The Bertz CT molecular complexity index is 511. The van der Waals surface area contributed by atoms with Gasteiger partial charge in [0, 0.05) is 84.5 Å². The summed E-state index contributed by atoms with van der Waals surface area (Å²) in [6, 6.07) is 19.1. The maximum atomic E-state index is 3.63. The molecule has 0 fully saturated rings. The molecular weight excluding hydrogens is 452 g/mol. The first kappa shape index (κ1) is 20.7. The largest absolute Gasteiger partial charge is 0.304 e. The van der Waals surface area contributed by atoms with Crippen LogP contribution in [-0.2, 0) is 33.1 Å². The number of rotatable bonds is 4.